The standard InChI is InChI=1S/C25H23NO4/c1-2-30-25(29)23(27)22(17-18-11-5-3-6-12-18)26-24(28)21-16-10-9-15-20(21)19-13-7-4-8-14-19/h3-16,22H,2,17H2,1H3,(H,26,28)/t22-/m0/s1. The fraction of sp³-hybridized carbons (Fsp3) is 0.160. The zero-order valence-corrected chi connectivity index (χ0v) is 16.7. The Bertz CT molecular complexity index is 1020. The summed E-state index contributed by atoms with van der Waals surface area (Å²) in [5.74, 6) is -2.14. The zero-order valence-electron chi connectivity index (χ0n) is 16.7. The molecule has 0 spiro atoms. The normalized spacial score (nSPS) is 11.4. The van der Waals surface area contributed by atoms with Crippen LogP contribution in [0.1, 0.15) is 22.8 Å². The molecule has 0 saturated carbocycles. The third-order valence-electron chi connectivity index (χ3n) is 4.64. The average Bonchev–Trinajstić information content (AvgIpc) is 2.79. The number of rotatable bonds is 8. The first-order valence-corrected chi connectivity index (χ1v) is 9.80. The van der Waals surface area contributed by atoms with Gasteiger partial charge in [0.05, 0.1) is 6.61 Å². The summed E-state index contributed by atoms with van der Waals surface area (Å²) in [7, 11) is 0. The molecule has 0 aliphatic carbocycles. The molecule has 0 aromatic heterocycles. The Morgan fingerprint density at radius 1 is 0.833 bits per heavy atom. The summed E-state index contributed by atoms with van der Waals surface area (Å²) < 4.78 is 4.86. The number of amides is 1. The van der Waals surface area contributed by atoms with Crippen molar-refractivity contribution < 1.29 is 19.1 Å². The number of esters is 1. The number of nitrogens with one attached hydrogen (secondary N) is 1. The highest BCUT2D eigenvalue weighted by Crippen LogP contribution is 2.23. The van der Waals surface area contributed by atoms with Crippen molar-refractivity contribution in [3.8, 4) is 11.1 Å². The van der Waals surface area contributed by atoms with Gasteiger partial charge in [-0.2, -0.15) is 0 Å². The minimum atomic E-state index is -1.03. The van der Waals surface area contributed by atoms with E-state index in [0.717, 1.165) is 16.7 Å². The van der Waals surface area contributed by atoms with E-state index in [1.807, 2.05) is 72.8 Å². The fourth-order valence-electron chi connectivity index (χ4n) is 3.19. The molecule has 3 aromatic rings. The highest BCUT2D eigenvalue weighted by atomic mass is 16.5. The van der Waals surface area contributed by atoms with Crippen molar-refractivity contribution in [2.24, 2.45) is 0 Å². The Labute approximate surface area is 175 Å². The molecule has 1 N–H and O–H groups in total. The quantitative estimate of drug-likeness (QED) is 0.460. The predicted molar refractivity (Wildman–Crippen MR) is 115 cm³/mol. The highest BCUT2D eigenvalue weighted by Gasteiger charge is 2.29. The van der Waals surface area contributed by atoms with Gasteiger partial charge in [-0.15, -0.1) is 0 Å². The summed E-state index contributed by atoms with van der Waals surface area (Å²) in [6.45, 7) is 1.72. The molecule has 0 radical (unpaired) electrons. The van der Waals surface area contributed by atoms with Crippen LogP contribution in [0.4, 0.5) is 0 Å². The van der Waals surface area contributed by atoms with E-state index >= 15 is 0 Å². The molecule has 5 heteroatoms. The second-order valence-corrected chi connectivity index (χ2v) is 6.71. The van der Waals surface area contributed by atoms with Gasteiger partial charge >= 0.3 is 5.97 Å². The van der Waals surface area contributed by atoms with Gasteiger partial charge in [0.25, 0.3) is 11.7 Å². The second-order valence-electron chi connectivity index (χ2n) is 6.71. The van der Waals surface area contributed by atoms with E-state index in [0.29, 0.717) is 5.56 Å². The maximum absolute atomic E-state index is 13.1. The lowest BCUT2D eigenvalue weighted by atomic mass is 9.97. The summed E-state index contributed by atoms with van der Waals surface area (Å²) >= 11 is 0. The first kappa shape index (κ1) is 21.0. The Balaban J connectivity index is 1.88. The second kappa shape index (κ2) is 10.2. The van der Waals surface area contributed by atoms with Crippen LogP contribution >= 0.6 is 0 Å². The van der Waals surface area contributed by atoms with E-state index in [9.17, 15) is 14.4 Å². The van der Waals surface area contributed by atoms with Crippen molar-refractivity contribution in [1.29, 1.82) is 0 Å². The van der Waals surface area contributed by atoms with Gasteiger partial charge in [-0.25, -0.2) is 4.79 Å². The first-order chi connectivity index (χ1) is 14.6. The topological polar surface area (TPSA) is 72.5 Å². The molecule has 0 unspecified atom stereocenters. The molecule has 152 valence electrons. The highest BCUT2D eigenvalue weighted by molar-refractivity contribution is 6.36. The van der Waals surface area contributed by atoms with Crippen LogP contribution in [0.5, 0.6) is 0 Å². The molecule has 3 aromatic carbocycles. The van der Waals surface area contributed by atoms with Crippen molar-refractivity contribution in [3.63, 3.8) is 0 Å². The van der Waals surface area contributed by atoms with Crippen molar-refractivity contribution in [2.75, 3.05) is 6.61 Å². The van der Waals surface area contributed by atoms with Crippen LogP contribution in [0.3, 0.4) is 0 Å². The third kappa shape index (κ3) is 5.20. The molecule has 5 nitrogen and oxygen atoms in total. The van der Waals surface area contributed by atoms with Crippen LogP contribution < -0.4 is 5.32 Å². The summed E-state index contributed by atoms with van der Waals surface area (Å²) in [5, 5.41) is 2.74. The molecule has 0 heterocycles. The Morgan fingerprint density at radius 2 is 1.43 bits per heavy atom. The molecule has 3 rings (SSSR count). The molecule has 30 heavy (non-hydrogen) atoms. The van der Waals surface area contributed by atoms with Crippen LogP contribution in [0, 0.1) is 0 Å². The smallest absolute Gasteiger partial charge is 0.376 e. The number of ether oxygens (including phenoxy) is 1. The van der Waals surface area contributed by atoms with E-state index in [1.165, 1.54) is 0 Å². The third-order valence-corrected chi connectivity index (χ3v) is 4.64. The summed E-state index contributed by atoms with van der Waals surface area (Å²) in [5.41, 5.74) is 2.90. The molecular formula is C25H23NO4. The van der Waals surface area contributed by atoms with Crippen molar-refractivity contribution in [2.45, 2.75) is 19.4 Å². The maximum atomic E-state index is 13.1. The van der Waals surface area contributed by atoms with E-state index in [2.05, 4.69) is 5.32 Å². The molecule has 0 fully saturated rings. The summed E-state index contributed by atoms with van der Waals surface area (Å²) in [4.78, 5) is 37.8. The molecule has 0 bridgehead atoms. The maximum Gasteiger partial charge on any atom is 0.376 e. The summed E-state index contributed by atoms with van der Waals surface area (Å²) in [6.07, 6.45) is 0.192. The Kier molecular flexibility index (Phi) is 7.11. The number of hydrogen-bond acceptors (Lipinski definition) is 4. The van der Waals surface area contributed by atoms with Gasteiger partial charge in [0.1, 0.15) is 6.04 Å². The zero-order chi connectivity index (χ0) is 21.3. The molecule has 1 atom stereocenters. The lowest BCUT2D eigenvalue weighted by Gasteiger charge is -2.18. The van der Waals surface area contributed by atoms with E-state index in [1.54, 1.807) is 19.1 Å². The van der Waals surface area contributed by atoms with Gasteiger partial charge < -0.3 is 10.1 Å². The number of hydrogen-bond donors (Lipinski definition) is 1. The van der Waals surface area contributed by atoms with Crippen molar-refractivity contribution in [3.05, 3.63) is 96.1 Å². The van der Waals surface area contributed by atoms with Crippen molar-refractivity contribution in [1.82, 2.24) is 5.32 Å². The Hall–Kier alpha value is -3.73. The number of carbonyl (C=O) groups is 3. The lowest BCUT2D eigenvalue weighted by Crippen LogP contribution is -2.46. The number of ketones is 1. The van der Waals surface area contributed by atoms with Crippen molar-refractivity contribution >= 4 is 17.7 Å². The Morgan fingerprint density at radius 3 is 2.10 bits per heavy atom. The SMILES string of the molecule is CCOC(=O)C(=O)[C@H](Cc1ccccc1)NC(=O)c1ccccc1-c1ccccc1. The van der Waals surface area contributed by atoms with E-state index in [-0.39, 0.29) is 13.0 Å². The number of carbonyl (C=O) groups excluding carboxylic acids is 3. The molecule has 0 saturated heterocycles. The molecular weight excluding hydrogens is 378 g/mol. The fourth-order valence-corrected chi connectivity index (χ4v) is 3.19. The lowest BCUT2D eigenvalue weighted by molar-refractivity contribution is -0.154. The largest absolute Gasteiger partial charge is 0.460 e. The van der Waals surface area contributed by atoms with Gasteiger partial charge in [-0.05, 0) is 29.7 Å². The van der Waals surface area contributed by atoms with Crippen LogP contribution in [-0.4, -0.2) is 30.3 Å². The van der Waals surface area contributed by atoms with Gasteiger partial charge in [0.15, 0.2) is 0 Å². The van der Waals surface area contributed by atoms with Crippen LogP contribution in [0.15, 0.2) is 84.9 Å². The van der Waals surface area contributed by atoms with Gasteiger partial charge in [0, 0.05) is 12.0 Å². The minimum absolute atomic E-state index is 0.0907. The predicted octanol–water partition coefficient (Wildman–Crippen LogP) is 3.83. The summed E-state index contributed by atoms with van der Waals surface area (Å²) in [6, 6.07) is 24.9. The molecule has 0 aliphatic heterocycles. The van der Waals surface area contributed by atoms with Crippen LogP contribution in [0.25, 0.3) is 11.1 Å². The van der Waals surface area contributed by atoms with Gasteiger partial charge in [0.2, 0.25) is 0 Å². The van der Waals surface area contributed by atoms with Gasteiger partial charge in [-0.3, -0.25) is 9.59 Å². The molecule has 1 amide bonds. The van der Waals surface area contributed by atoms with Crippen LogP contribution in [0.2, 0.25) is 0 Å². The first-order valence-electron chi connectivity index (χ1n) is 9.80. The average molecular weight is 401 g/mol. The number of Topliss-reactive ketones (excluding diaryl/α,β-unsaturated/α-hetero) is 1. The van der Waals surface area contributed by atoms with Gasteiger partial charge in [-0.1, -0.05) is 78.9 Å². The van der Waals surface area contributed by atoms with E-state index in [4.69, 9.17) is 4.74 Å². The van der Waals surface area contributed by atoms with Crippen LogP contribution in [-0.2, 0) is 20.7 Å². The van der Waals surface area contributed by atoms with E-state index < -0.39 is 23.7 Å². The number of benzene rings is 3. The monoisotopic (exact) mass is 401 g/mol. The molecule has 0 aliphatic rings. The minimum Gasteiger partial charge on any atom is -0.460 e.